The van der Waals surface area contributed by atoms with E-state index in [-0.39, 0.29) is 0 Å². The van der Waals surface area contributed by atoms with Crippen LogP contribution in [-0.4, -0.2) is 49.6 Å². The number of likely N-dealkylation sites (tertiary alicyclic amines) is 1. The second-order valence-electron chi connectivity index (χ2n) is 5.49. The highest BCUT2D eigenvalue weighted by Crippen LogP contribution is 2.16. The molecule has 1 aromatic carbocycles. The maximum absolute atomic E-state index is 5.98. The number of benzene rings is 1. The molecule has 0 saturated carbocycles. The molecule has 1 saturated heterocycles. The van der Waals surface area contributed by atoms with Crippen molar-refractivity contribution in [1.82, 2.24) is 9.80 Å². The molecule has 1 heterocycles. The molecule has 3 nitrogen and oxygen atoms in total. The Bertz CT molecular complexity index is 378. The van der Waals surface area contributed by atoms with Gasteiger partial charge in [0.05, 0.1) is 0 Å². The van der Waals surface area contributed by atoms with E-state index in [1.807, 2.05) is 12.1 Å². The monoisotopic (exact) mass is 247 g/mol. The van der Waals surface area contributed by atoms with E-state index in [0.717, 1.165) is 18.7 Å². The summed E-state index contributed by atoms with van der Waals surface area (Å²) in [6.45, 7) is 3.53. The molecule has 0 aliphatic carbocycles. The second-order valence-corrected chi connectivity index (χ2v) is 5.49. The molecule has 100 valence electrons. The summed E-state index contributed by atoms with van der Waals surface area (Å²) in [5.74, 6) is 0. The van der Waals surface area contributed by atoms with Crippen molar-refractivity contribution in [3.05, 3.63) is 29.8 Å². The van der Waals surface area contributed by atoms with Gasteiger partial charge in [-0.25, -0.2) is 0 Å². The maximum atomic E-state index is 5.98. The third-order valence-corrected chi connectivity index (χ3v) is 4.01. The Morgan fingerprint density at radius 3 is 2.89 bits per heavy atom. The lowest BCUT2D eigenvalue weighted by molar-refractivity contribution is 0.135. The number of rotatable bonds is 4. The summed E-state index contributed by atoms with van der Waals surface area (Å²) in [5.41, 5.74) is 8.18. The smallest absolute Gasteiger partial charge is 0.0347 e. The van der Waals surface area contributed by atoms with Crippen LogP contribution in [0.3, 0.4) is 0 Å². The Kier molecular flexibility index (Phi) is 4.61. The van der Waals surface area contributed by atoms with Crippen molar-refractivity contribution in [2.75, 3.05) is 39.5 Å². The molecule has 0 spiro atoms. The molecule has 0 amide bonds. The fourth-order valence-corrected chi connectivity index (χ4v) is 2.74. The first kappa shape index (κ1) is 13.4. The van der Waals surface area contributed by atoms with Crippen LogP contribution in [0.15, 0.2) is 24.3 Å². The minimum absolute atomic E-state index is 0.702. The van der Waals surface area contributed by atoms with E-state index in [9.17, 15) is 0 Å². The number of nitrogens with zero attached hydrogens (tertiary/aromatic N) is 2. The van der Waals surface area contributed by atoms with Crippen LogP contribution in [0.1, 0.15) is 18.4 Å². The fourth-order valence-electron chi connectivity index (χ4n) is 2.74. The molecule has 18 heavy (non-hydrogen) atoms. The van der Waals surface area contributed by atoms with Gasteiger partial charge in [-0.15, -0.1) is 0 Å². The van der Waals surface area contributed by atoms with Gasteiger partial charge in [0, 0.05) is 24.8 Å². The quantitative estimate of drug-likeness (QED) is 0.824. The van der Waals surface area contributed by atoms with Gasteiger partial charge in [-0.1, -0.05) is 18.2 Å². The first-order chi connectivity index (χ1) is 8.66. The van der Waals surface area contributed by atoms with Crippen LogP contribution in [0.2, 0.25) is 0 Å². The van der Waals surface area contributed by atoms with Crippen LogP contribution in [0, 0.1) is 0 Å². The number of hydrogen-bond donors (Lipinski definition) is 1. The standard InChI is InChI=1S/C15H25N3/c1-17-10-5-7-14(12-17)18(2)11-9-13-6-3-4-8-15(13)16/h3-4,6,8,14H,5,7,9-12,16H2,1-2H3. The van der Waals surface area contributed by atoms with E-state index < -0.39 is 0 Å². The minimum Gasteiger partial charge on any atom is -0.399 e. The Hall–Kier alpha value is -1.06. The zero-order valence-corrected chi connectivity index (χ0v) is 11.6. The van der Waals surface area contributed by atoms with Gasteiger partial charge in [0.1, 0.15) is 0 Å². The molecule has 1 fully saturated rings. The van der Waals surface area contributed by atoms with Crippen LogP contribution in [0.25, 0.3) is 0 Å². The molecule has 2 N–H and O–H groups in total. The zero-order valence-electron chi connectivity index (χ0n) is 11.6. The van der Waals surface area contributed by atoms with Crippen LogP contribution in [0.5, 0.6) is 0 Å². The van der Waals surface area contributed by atoms with E-state index in [1.54, 1.807) is 0 Å². The van der Waals surface area contributed by atoms with E-state index in [1.165, 1.54) is 31.5 Å². The summed E-state index contributed by atoms with van der Waals surface area (Å²) >= 11 is 0. The highest BCUT2D eigenvalue weighted by Gasteiger charge is 2.20. The molecular weight excluding hydrogens is 222 g/mol. The van der Waals surface area contributed by atoms with Crippen LogP contribution < -0.4 is 5.73 Å². The van der Waals surface area contributed by atoms with Crippen LogP contribution >= 0.6 is 0 Å². The molecule has 1 aliphatic rings. The zero-order chi connectivity index (χ0) is 13.0. The minimum atomic E-state index is 0.702. The summed E-state index contributed by atoms with van der Waals surface area (Å²) < 4.78 is 0. The maximum Gasteiger partial charge on any atom is 0.0347 e. The number of hydrogen-bond acceptors (Lipinski definition) is 3. The van der Waals surface area contributed by atoms with Crippen molar-refractivity contribution < 1.29 is 0 Å². The van der Waals surface area contributed by atoms with Gasteiger partial charge >= 0.3 is 0 Å². The Balaban J connectivity index is 1.84. The van der Waals surface area contributed by atoms with Gasteiger partial charge in [0.2, 0.25) is 0 Å². The Morgan fingerprint density at radius 2 is 2.17 bits per heavy atom. The van der Waals surface area contributed by atoms with E-state index in [0.29, 0.717) is 6.04 Å². The molecular formula is C15H25N3. The number of likely N-dealkylation sites (N-methyl/N-ethyl adjacent to an activating group) is 2. The average Bonchev–Trinajstić information content (AvgIpc) is 2.37. The van der Waals surface area contributed by atoms with E-state index in [4.69, 9.17) is 5.73 Å². The first-order valence-corrected chi connectivity index (χ1v) is 6.89. The molecule has 1 unspecified atom stereocenters. The molecule has 1 atom stereocenters. The fraction of sp³-hybridized carbons (Fsp3) is 0.600. The van der Waals surface area contributed by atoms with E-state index >= 15 is 0 Å². The van der Waals surface area contributed by atoms with Gasteiger partial charge in [-0.3, -0.25) is 0 Å². The van der Waals surface area contributed by atoms with Crippen LogP contribution in [-0.2, 0) is 6.42 Å². The van der Waals surface area contributed by atoms with Crippen molar-refractivity contribution in [2.24, 2.45) is 0 Å². The lowest BCUT2D eigenvalue weighted by Gasteiger charge is -2.36. The topological polar surface area (TPSA) is 32.5 Å². The number of piperidine rings is 1. The molecule has 0 bridgehead atoms. The summed E-state index contributed by atoms with van der Waals surface area (Å²) in [6, 6.07) is 8.90. The van der Waals surface area contributed by atoms with Gasteiger partial charge < -0.3 is 15.5 Å². The predicted molar refractivity (Wildman–Crippen MR) is 77.7 cm³/mol. The van der Waals surface area contributed by atoms with Crippen LogP contribution in [0.4, 0.5) is 5.69 Å². The molecule has 2 rings (SSSR count). The van der Waals surface area contributed by atoms with Crippen molar-refractivity contribution in [3.63, 3.8) is 0 Å². The summed E-state index contributed by atoms with van der Waals surface area (Å²) in [6.07, 6.45) is 3.69. The Morgan fingerprint density at radius 1 is 1.39 bits per heavy atom. The number of para-hydroxylation sites is 1. The third kappa shape index (κ3) is 3.47. The molecule has 1 aromatic rings. The SMILES string of the molecule is CN1CCCC(N(C)CCc2ccccc2N)C1. The number of anilines is 1. The van der Waals surface area contributed by atoms with Gasteiger partial charge in [0.15, 0.2) is 0 Å². The number of nitrogen functional groups attached to an aromatic ring is 1. The van der Waals surface area contributed by atoms with Crippen molar-refractivity contribution in [1.29, 1.82) is 0 Å². The molecule has 3 heteroatoms. The van der Waals surface area contributed by atoms with Crippen molar-refractivity contribution in [3.8, 4) is 0 Å². The van der Waals surface area contributed by atoms with Gasteiger partial charge in [-0.05, 0) is 51.5 Å². The lowest BCUT2D eigenvalue weighted by Crippen LogP contribution is -2.45. The average molecular weight is 247 g/mol. The molecule has 0 radical (unpaired) electrons. The highest BCUT2D eigenvalue weighted by molar-refractivity contribution is 5.46. The summed E-state index contributed by atoms with van der Waals surface area (Å²) in [4.78, 5) is 4.92. The number of nitrogens with two attached hydrogens (primary N) is 1. The predicted octanol–water partition coefficient (Wildman–Crippen LogP) is 1.84. The van der Waals surface area contributed by atoms with Crippen molar-refractivity contribution >= 4 is 5.69 Å². The molecule has 0 aromatic heterocycles. The normalized spacial score (nSPS) is 21.4. The highest BCUT2D eigenvalue weighted by atomic mass is 15.2. The molecule has 1 aliphatic heterocycles. The third-order valence-electron chi connectivity index (χ3n) is 4.01. The lowest BCUT2D eigenvalue weighted by atomic mass is 10.0. The summed E-state index contributed by atoms with van der Waals surface area (Å²) in [5, 5.41) is 0. The Labute approximate surface area is 111 Å². The largest absolute Gasteiger partial charge is 0.399 e. The summed E-state index contributed by atoms with van der Waals surface area (Å²) in [7, 11) is 4.46. The van der Waals surface area contributed by atoms with Crippen molar-refractivity contribution in [2.45, 2.75) is 25.3 Å². The van der Waals surface area contributed by atoms with Gasteiger partial charge in [-0.2, -0.15) is 0 Å². The first-order valence-electron chi connectivity index (χ1n) is 6.89. The van der Waals surface area contributed by atoms with Gasteiger partial charge in [0.25, 0.3) is 0 Å². The van der Waals surface area contributed by atoms with E-state index in [2.05, 4.69) is 36.0 Å². The second kappa shape index (κ2) is 6.21.